The predicted octanol–water partition coefficient (Wildman–Crippen LogP) is 1.60. The van der Waals surface area contributed by atoms with E-state index in [9.17, 15) is 9.59 Å². The summed E-state index contributed by atoms with van der Waals surface area (Å²) in [6.07, 6.45) is -0.586. The molecule has 0 aliphatic rings. The second-order valence-electron chi connectivity index (χ2n) is 5.51. The number of nitrogens with two attached hydrogens (primary N) is 1. The van der Waals surface area contributed by atoms with Gasteiger partial charge < -0.3 is 20.5 Å². The van der Waals surface area contributed by atoms with Gasteiger partial charge in [-0.05, 0) is 17.2 Å². The molecule has 3 N–H and O–H groups in total. The number of methoxy groups -OCH3 is 2. The fourth-order valence-electron chi connectivity index (χ4n) is 2.58. The first-order chi connectivity index (χ1) is 12.1. The first kappa shape index (κ1) is 18.5. The van der Waals surface area contributed by atoms with Gasteiger partial charge in [-0.3, -0.25) is 9.59 Å². The highest BCUT2D eigenvalue weighted by Gasteiger charge is 2.26. The van der Waals surface area contributed by atoms with Crippen LogP contribution in [0.3, 0.4) is 0 Å². The van der Waals surface area contributed by atoms with Crippen LogP contribution in [0.4, 0.5) is 0 Å². The van der Waals surface area contributed by atoms with Gasteiger partial charge in [-0.2, -0.15) is 0 Å². The molecule has 0 saturated carbocycles. The van der Waals surface area contributed by atoms with Crippen molar-refractivity contribution in [1.29, 1.82) is 0 Å². The largest absolute Gasteiger partial charge is 0.496 e. The maximum absolute atomic E-state index is 12.6. The zero-order valence-corrected chi connectivity index (χ0v) is 14.3. The molecule has 6 heteroatoms. The Hall–Kier alpha value is -2.86. The first-order valence-electron chi connectivity index (χ1n) is 7.86. The minimum atomic E-state index is -0.870. The zero-order chi connectivity index (χ0) is 18.2. The summed E-state index contributed by atoms with van der Waals surface area (Å²) < 4.78 is 10.6. The van der Waals surface area contributed by atoms with Crippen LogP contribution in [-0.2, 0) is 20.7 Å². The maximum atomic E-state index is 12.6. The Morgan fingerprint density at radius 2 is 1.68 bits per heavy atom. The van der Waals surface area contributed by atoms with Crippen molar-refractivity contribution in [2.75, 3.05) is 14.2 Å². The Kier molecular flexibility index (Phi) is 6.54. The number of hydrogen-bond acceptors (Lipinski definition) is 4. The van der Waals surface area contributed by atoms with Gasteiger partial charge in [-0.25, -0.2) is 0 Å². The summed E-state index contributed by atoms with van der Waals surface area (Å²) in [7, 11) is 2.99. The van der Waals surface area contributed by atoms with E-state index >= 15 is 0 Å². The zero-order valence-electron chi connectivity index (χ0n) is 14.3. The Bertz CT molecular complexity index is 718. The molecule has 0 spiro atoms. The number of carbonyl (C=O) groups is 2. The lowest BCUT2D eigenvalue weighted by Gasteiger charge is -2.21. The number of rotatable bonds is 8. The number of hydrogen-bond donors (Lipinski definition) is 2. The molecule has 0 fully saturated rings. The van der Waals surface area contributed by atoms with Crippen molar-refractivity contribution >= 4 is 11.8 Å². The van der Waals surface area contributed by atoms with Crippen molar-refractivity contribution in [2.24, 2.45) is 5.73 Å². The Morgan fingerprint density at radius 1 is 1.04 bits per heavy atom. The number of ether oxygens (including phenoxy) is 2. The number of primary amides is 1. The second kappa shape index (κ2) is 8.84. The van der Waals surface area contributed by atoms with Crippen molar-refractivity contribution in [3.05, 3.63) is 65.7 Å². The second-order valence-corrected chi connectivity index (χ2v) is 5.51. The van der Waals surface area contributed by atoms with Crippen LogP contribution in [0, 0.1) is 0 Å². The van der Waals surface area contributed by atoms with E-state index in [0.29, 0.717) is 11.3 Å². The highest BCUT2D eigenvalue weighted by molar-refractivity contribution is 5.89. The standard InChI is InChI=1S/C19H22N2O4/c1-24-16-11-7-6-10-14(16)12-15(18(20)22)21-19(23)17(25-2)13-8-4-3-5-9-13/h3-11,15,17H,12H2,1-2H3,(H2,20,22)(H,21,23)/t15-,17+/m1/s1. The van der Waals surface area contributed by atoms with Crippen molar-refractivity contribution in [3.63, 3.8) is 0 Å². The predicted molar refractivity (Wildman–Crippen MR) is 94.0 cm³/mol. The Balaban J connectivity index is 2.15. The summed E-state index contributed by atoms with van der Waals surface area (Å²) in [4.78, 5) is 24.4. The summed E-state index contributed by atoms with van der Waals surface area (Å²) in [6.45, 7) is 0. The quantitative estimate of drug-likeness (QED) is 0.762. The topological polar surface area (TPSA) is 90.7 Å². The first-order valence-corrected chi connectivity index (χ1v) is 7.86. The van der Waals surface area contributed by atoms with Gasteiger partial charge in [0.15, 0.2) is 6.10 Å². The van der Waals surface area contributed by atoms with E-state index in [-0.39, 0.29) is 6.42 Å². The smallest absolute Gasteiger partial charge is 0.254 e. The van der Waals surface area contributed by atoms with Gasteiger partial charge in [-0.15, -0.1) is 0 Å². The lowest BCUT2D eigenvalue weighted by atomic mass is 10.0. The summed E-state index contributed by atoms with van der Waals surface area (Å²) >= 11 is 0. The minimum Gasteiger partial charge on any atom is -0.496 e. The maximum Gasteiger partial charge on any atom is 0.254 e. The van der Waals surface area contributed by atoms with Crippen molar-refractivity contribution in [2.45, 2.75) is 18.6 Å². The molecule has 2 aromatic carbocycles. The van der Waals surface area contributed by atoms with Gasteiger partial charge in [0.25, 0.3) is 5.91 Å². The number of carbonyl (C=O) groups excluding carboxylic acids is 2. The summed E-state index contributed by atoms with van der Waals surface area (Å²) in [6, 6.07) is 15.5. The molecule has 25 heavy (non-hydrogen) atoms. The van der Waals surface area contributed by atoms with Gasteiger partial charge in [0.05, 0.1) is 7.11 Å². The number of nitrogens with one attached hydrogen (secondary N) is 1. The van der Waals surface area contributed by atoms with Crippen LogP contribution in [0.5, 0.6) is 5.75 Å². The molecule has 132 valence electrons. The van der Waals surface area contributed by atoms with Crippen LogP contribution in [0.2, 0.25) is 0 Å². The van der Waals surface area contributed by atoms with E-state index in [1.165, 1.54) is 7.11 Å². The lowest BCUT2D eigenvalue weighted by molar-refractivity contribution is -0.134. The van der Waals surface area contributed by atoms with Crippen LogP contribution in [0.15, 0.2) is 54.6 Å². The SMILES string of the molecule is COc1ccccc1C[C@@H](NC(=O)[C@@H](OC)c1ccccc1)C(N)=O. The molecule has 0 heterocycles. The highest BCUT2D eigenvalue weighted by Crippen LogP contribution is 2.20. The molecule has 0 aliphatic carbocycles. The molecule has 0 radical (unpaired) electrons. The minimum absolute atomic E-state index is 0.232. The third kappa shape index (κ3) is 4.81. The van der Waals surface area contributed by atoms with Crippen LogP contribution < -0.4 is 15.8 Å². The number of amides is 2. The average Bonchev–Trinajstić information content (AvgIpc) is 2.63. The van der Waals surface area contributed by atoms with Crippen LogP contribution in [0.25, 0.3) is 0 Å². The fourth-order valence-corrected chi connectivity index (χ4v) is 2.58. The van der Waals surface area contributed by atoms with Crippen molar-refractivity contribution in [1.82, 2.24) is 5.32 Å². The van der Waals surface area contributed by atoms with E-state index < -0.39 is 24.0 Å². The van der Waals surface area contributed by atoms with E-state index in [1.54, 1.807) is 25.3 Å². The van der Waals surface area contributed by atoms with Gasteiger partial charge in [0.1, 0.15) is 11.8 Å². The monoisotopic (exact) mass is 342 g/mol. The lowest BCUT2D eigenvalue weighted by Crippen LogP contribution is -2.47. The molecule has 0 unspecified atom stereocenters. The Morgan fingerprint density at radius 3 is 2.28 bits per heavy atom. The van der Waals surface area contributed by atoms with Crippen LogP contribution in [0.1, 0.15) is 17.2 Å². The third-order valence-corrected chi connectivity index (χ3v) is 3.85. The molecular formula is C19H22N2O4. The fraction of sp³-hybridized carbons (Fsp3) is 0.263. The molecule has 2 rings (SSSR count). The molecule has 0 saturated heterocycles. The molecule has 2 amide bonds. The van der Waals surface area contributed by atoms with Gasteiger partial charge in [-0.1, -0.05) is 48.5 Å². The normalized spacial score (nSPS) is 12.9. The van der Waals surface area contributed by atoms with E-state index in [2.05, 4.69) is 5.32 Å². The van der Waals surface area contributed by atoms with Crippen LogP contribution in [-0.4, -0.2) is 32.1 Å². The number of para-hydroxylation sites is 1. The van der Waals surface area contributed by atoms with Crippen molar-refractivity contribution in [3.8, 4) is 5.75 Å². The molecule has 0 bridgehead atoms. The summed E-state index contributed by atoms with van der Waals surface area (Å²) in [5, 5.41) is 2.67. The molecular weight excluding hydrogens is 320 g/mol. The summed E-state index contributed by atoms with van der Waals surface area (Å²) in [5.74, 6) is -0.413. The molecule has 2 aromatic rings. The molecule has 0 aromatic heterocycles. The van der Waals surface area contributed by atoms with Gasteiger partial charge >= 0.3 is 0 Å². The van der Waals surface area contributed by atoms with Crippen molar-refractivity contribution < 1.29 is 19.1 Å². The Labute approximate surface area is 146 Å². The highest BCUT2D eigenvalue weighted by atomic mass is 16.5. The van der Waals surface area contributed by atoms with E-state index in [1.807, 2.05) is 36.4 Å². The number of benzene rings is 2. The van der Waals surface area contributed by atoms with Gasteiger partial charge in [0.2, 0.25) is 5.91 Å². The van der Waals surface area contributed by atoms with Crippen LogP contribution >= 0.6 is 0 Å². The third-order valence-electron chi connectivity index (χ3n) is 3.85. The molecule has 6 nitrogen and oxygen atoms in total. The molecule has 2 atom stereocenters. The van der Waals surface area contributed by atoms with E-state index in [4.69, 9.17) is 15.2 Å². The summed E-state index contributed by atoms with van der Waals surface area (Å²) in [5.41, 5.74) is 6.95. The molecule has 0 aliphatic heterocycles. The average molecular weight is 342 g/mol. The van der Waals surface area contributed by atoms with Gasteiger partial charge in [0, 0.05) is 13.5 Å². The van der Waals surface area contributed by atoms with E-state index in [0.717, 1.165) is 5.56 Å².